The third-order valence-electron chi connectivity index (χ3n) is 10.2. The molecule has 0 amide bonds. The molecule has 9 aromatic rings. The second-order valence-electron chi connectivity index (χ2n) is 13.8. The number of hydrogen-bond acceptors (Lipinski definition) is 2. The van der Waals surface area contributed by atoms with Crippen LogP contribution in [0.15, 0.2) is 194 Å². The van der Waals surface area contributed by atoms with E-state index in [2.05, 4.69) is 145 Å². The summed E-state index contributed by atoms with van der Waals surface area (Å²) < 4.78 is 14.5. The third-order valence-corrected chi connectivity index (χ3v) is 10.2. The van der Waals surface area contributed by atoms with Gasteiger partial charge in [-0.05, 0) is 91.1 Å². The molecule has 0 aliphatic heterocycles. The molecule has 0 aliphatic carbocycles. The first-order chi connectivity index (χ1) is 27.6. The van der Waals surface area contributed by atoms with Crippen LogP contribution in [-0.4, -0.2) is 9.97 Å². The number of aromatic nitrogens is 2. The summed E-state index contributed by atoms with van der Waals surface area (Å²) in [6, 6.07) is 68.2. The molecule has 0 bridgehead atoms. The normalized spacial score (nSPS) is 10.8. The Bertz CT molecular complexity index is 2800. The van der Waals surface area contributed by atoms with Crippen LogP contribution in [0.2, 0.25) is 0 Å². The van der Waals surface area contributed by atoms with Crippen molar-refractivity contribution in [3.63, 3.8) is 0 Å². The average molecular weight is 911 g/mol. The summed E-state index contributed by atoms with van der Waals surface area (Å²) in [6.07, 6.45) is 3.83. The molecule has 2 nitrogen and oxygen atoms in total. The maximum absolute atomic E-state index is 14.5. The summed E-state index contributed by atoms with van der Waals surface area (Å²) in [6.45, 7) is 2.14. The topological polar surface area (TPSA) is 25.8 Å². The minimum absolute atomic E-state index is 0. The average Bonchev–Trinajstić information content (AvgIpc) is 3.27. The number of benzene rings is 7. The molecule has 0 aliphatic rings. The Morgan fingerprint density at radius 1 is 0.404 bits per heavy atom. The first-order valence-corrected chi connectivity index (χ1v) is 18.7. The van der Waals surface area contributed by atoms with Crippen LogP contribution in [-0.2, 0) is 20.1 Å². The summed E-state index contributed by atoms with van der Waals surface area (Å²) in [5, 5.41) is 0. The molecule has 1 radical (unpaired) electrons. The van der Waals surface area contributed by atoms with Crippen molar-refractivity contribution < 1.29 is 24.5 Å². The van der Waals surface area contributed by atoms with Crippen molar-refractivity contribution in [1.82, 2.24) is 9.97 Å². The van der Waals surface area contributed by atoms with Crippen molar-refractivity contribution in [1.29, 1.82) is 0 Å². The molecule has 0 fully saturated rings. The van der Waals surface area contributed by atoms with E-state index in [0.717, 1.165) is 72.5 Å². The minimum Gasteiger partial charge on any atom is -0.304 e. The van der Waals surface area contributed by atoms with Crippen molar-refractivity contribution in [2.45, 2.75) is 6.92 Å². The summed E-state index contributed by atoms with van der Waals surface area (Å²) in [5.74, 6) is -0.338. The fourth-order valence-electron chi connectivity index (χ4n) is 7.45. The van der Waals surface area contributed by atoms with Crippen LogP contribution in [0.25, 0.3) is 89.3 Å². The van der Waals surface area contributed by atoms with Gasteiger partial charge in [-0.25, -0.2) is 0 Å². The van der Waals surface area contributed by atoms with Gasteiger partial charge in [-0.1, -0.05) is 139 Å². The Balaban J connectivity index is 0.00000455. The van der Waals surface area contributed by atoms with Crippen LogP contribution in [0.3, 0.4) is 0 Å². The second-order valence-corrected chi connectivity index (χ2v) is 13.8. The van der Waals surface area contributed by atoms with E-state index < -0.39 is 0 Å². The van der Waals surface area contributed by atoms with E-state index in [4.69, 9.17) is 4.98 Å². The summed E-state index contributed by atoms with van der Waals surface area (Å²) in [4.78, 5) is 9.66. The van der Waals surface area contributed by atoms with Crippen LogP contribution < -0.4 is 0 Å². The molecular weight excluding hydrogens is 876 g/mol. The summed E-state index contributed by atoms with van der Waals surface area (Å²) >= 11 is 0. The van der Waals surface area contributed by atoms with E-state index in [1.54, 1.807) is 12.1 Å². The van der Waals surface area contributed by atoms with Crippen molar-refractivity contribution in [2.24, 2.45) is 0 Å². The number of hydrogen-bond donors (Lipinski definition) is 0. The molecule has 0 spiro atoms. The molecule has 2 aromatic heterocycles. The molecule has 9 rings (SSSR count). The quantitative estimate of drug-likeness (QED) is 0.142. The van der Waals surface area contributed by atoms with E-state index in [-0.39, 0.29) is 25.9 Å². The van der Waals surface area contributed by atoms with Crippen LogP contribution in [0, 0.1) is 24.9 Å². The van der Waals surface area contributed by atoms with Crippen molar-refractivity contribution >= 4 is 0 Å². The van der Waals surface area contributed by atoms with Gasteiger partial charge in [0.2, 0.25) is 0 Å². The zero-order valence-corrected chi connectivity index (χ0v) is 33.5. The SMILES string of the molecule is Cc1cc(-c2ccccc2-c2ccc(-c3[c-]cccc3F)nc2)cc(-c2ccccc2-c2cnc(-c3[c-]cccc3)cc2-c2ccc(-c3ccccc3)cc2)c1.[Ir]. The molecule has 0 unspecified atom stereocenters. The second kappa shape index (κ2) is 16.6. The van der Waals surface area contributed by atoms with Crippen LogP contribution in [0.4, 0.5) is 4.39 Å². The monoisotopic (exact) mass is 911 g/mol. The minimum atomic E-state index is -0.338. The van der Waals surface area contributed by atoms with Gasteiger partial charge in [0.25, 0.3) is 0 Å². The van der Waals surface area contributed by atoms with Crippen molar-refractivity contribution in [3.8, 4) is 89.3 Å². The van der Waals surface area contributed by atoms with Gasteiger partial charge in [-0.3, -0.25) is 4.39 Å². The Morgan fingerprint density at radius 2 is 0.982 bits per heavy atom. The molecule has 0 atom stereocenters. The standard InChI is InChI=1S/C53H35FN2.Ir/c1-36-30-42(45-19-9-8-18-44(45)41-28-29-52(55-34-41)48-22-12-13-23-51(48)54)32-43(31-36)46-20-10-11-21-47(46)50-35-56-53(40-16-6-3-7-17-40)33-49(50)39-26-24-38(25-27-39)37-14-4-2-5-15-37;/h2-16,18-21,23-35H,1H3;/q-2;. The zero-order valence-electron chi connectivity index (χ0n) is 31.1. The van der Waals surface area contributed by atoms with Gasteiger partial charge in [0.15, 0.2) is 0 Å². The number of halogens is 1. The number of pyridine rings is 2. The third kappa shape index (κ3) is 7.79. The maximum Gasteiger partial charge on any atom is 0.0380 e. The van der Waals surface area contributed by atoms with E-state index in [1.807, 2.05) is 54.9 Å². The maximum atomic E-state index is 14.5. The fourth-order valence-corrected chi connectivity index (χ4v) is 7.45. The Labute approximate surface area is 346 Å². The van der Waals surface area contributed by atoms with Crippen LogP contribution in [0.1, 0.15) is 5.56 Å². The molecule has 275 valence electrons. The Hall–Kier alpha value is -6.58. The number of rotatable bonds is 8. The predicted molar refractivity (Wildman–Crippen MR) is 228 cm³/mol. The van der Waals surface area contributed by atoms with Gasteiger partial charge in [-0.2, -0.15) is 0 Å². The molecule has 57 heavy (non-hydrogen) atoms. The Kier molecular flexibility index (Phi) is 10.9. The smallest absolute Gasteiger partial charge is 0.0380 e. The van der Waals surface area contributed by atoms with Gasteiger partial charge < -0.3 is 9.97 Å². The molecule has 4 heteroatoms. The molecule has 0 saturated carbocycles. The van der Waals surface area contributed by atoms with Crippen LogP contribution >= 0.6 is 0 Å². The predicted octanol–water partition coefficient (Wildman–Crippen LogP) is 13.9. The summed E-state index contributed by atoms with van der Waals surface area (Å²) in [5.41, 5.74) is 17.0. The van der Waals surface area contributed by atoms with Crippen molar-refractivity contribution in [3.05, 3.63) is 218 Å². The Morgan fingerprint density at radius 3 is 1.65 bits per heavy atom. The summed E-state index contributed by atoms with van der Waals surface area (Å²) in [7, 11) is 0. The number of nitrogens with zero attached hydrogens (tertiary/aromatic N) is 2. The molecular formula is C53H35FIrN2-2. The largest absolute Gasteiger partial charge is 0.304 e. The van der Waals surface area contributed by atoms with E-state index in [1.165, 1.54) is 17.2 Å². The fraction of sp³-hybridized carbons (Fsp3) is 0.0189. The van der Waals surface area contributed by atoms with Gasteiger partial charge >= 0.3 is 0 Å². The van der Waals surface area contributed by atoms with Gasteiger partial charge in [0.1, 0.15) is 0 Å². The van der Waals surface area contributed by atoms with Gasteiger partial charge in [0, 0.05) is 43.9 Å². The van der Waals surface area contributed by atoms with Gasteiger partial charge in [-0.15, -0.1) is 60.2 Å². The van der Waals surface area contributed by atoms with Crippen molar-refractivity contribution in [2.75, 3.05) is 0 Å². The molecule has 2 heterocycles. The molecule has 0 N–H and O–H groups in total. The van der Waals surface area contributed by atoms with E-state index in [0.29, 0.717) is 11.3 Å². The van der Waals surface area contributed by atoms with Gasteiger partial charge in [0.05, 0.1) is 0 Å². The zero-order chi connectivity index (χ0) is 37.8. The first kappa shape index (κ1) is 37.3. The van der Waals surface area contributed by atoms with E-state index >= 15 is 0 Å². The number of aryl methyl sites for hydroxylation is 1. The van der Waals surface area contributed by atoms with E-state index in [9.17, 15) is 4.39 Å². The van der Waals surface area contributed by atoms with Crippen LogP contribution in [0.5, 0.6) is 0 Å². The molecule has 7 aromatic carbocycles. The first-order valence-electron chi connectivity index (χ1n) is 18.7. The molecule has 0 saturated heterocycles.